The Morgan fingerprint density at radius 3 is 2.33 bits per heavy atom. The summed E-state index contributed by atoms with van der Waals surface area (Å²) in [5, 5.41) is 48.2. The van der Waals surface area contributed by atoms with Crippen molar-refractivity contribution in [3.63, 3.8) is 0 Å². The van der Waals surface area contributed by atoms with Crippen molar-refractivity contribution in [3.05, 3.63) is 64.4 Å². The van der Waals surface area contributed by atoms with Crippen molar-refractivity contribution in [1.82, 2.24) is 4.90 Å². The van der Waals surface area contributed by atoms with Crippen LogP contribution >= 0.6 is 0 Å². The zero-order valence-electron chi connectivity index (χ0n) is 24.7. The first-order valence-electron chi connectivity index (χ1n) is 14.0. The number of likely N-dealkylation sites (N-methyl/N-ethyl adjacent to an activating group) is 1. The number of carbonyl (C=O) groups excluding carboxylic acids is 3. The van der Waals surface area contributed by atoms with E-state index in [4.69, 9.17) is 5.73 Å². The summed E-state index contributed by atoms with van der Waals surface area (Å²) < 4.78 is 0. The Morgan fingerprint density at radius 2 is 1.74 bits per heavy atom. The molecule has 0 bridgehead atoms. The van der Waals surface area contributed by atoms with Crippen LogP contribution in [0.3, 0.4) is 0 Å². The van der Waals surface area contributed by atoms with E-state index in [1.165, 1.54) is 11.0 Å². The number of fused-ring (bicyclic) bond motifs is 3. The molecule has 5 rings (SSSR count). The molecular weight excluding hydrogens is 552 g/mol. The number of benzene rings is 2. The van der Waals surface area contributed by atoms with Gasteiger partial charge in [0.1, 0.15) is 22.8 Å². The fourth-order valence-electron chi connectivity index (χ4n) is 6.56. The number of aliphatic hydroxyl groups is 3. The maximum absolute atomic E-state index is 14.0. The maximum atomic E-state index is 14.0. The molecule has 43 heavy (non-hydrogen) atoms. The summed E-state index contributed by atoms with van der Waals surface area (Å²) in [6.07, 6.45) is 1.87. The predicted molar refractivity (Wildman–Crippen MR) is 162 cm³/mol. The zero-order valence-corrected chi connectivity index (χ0v) is 24.7. The number of aliphatic hydroxyl groups excluding tert-OH is 2. The average molecular weight is 589 g/mol. The second-order valence-electron chi connectivity index (χ2n) is 12.6. The normalized spacial score (nSPS) is 25.6. The van der Waals surface area contributed by atoms with Crippen molar-refractivity contribution in [3.8, 4) is 16.9 Å². The topological polar surface area (TPSA) is 186 Å². The van der Waals surface area contributed by atoms with Gasteiger partial charge in [-0.3, -0.25) is 24.3 Å². The summed E-state index contributed by atoms with van der Waals surface area (Å²) in [5.41, 5.74) is 4.45. The molecule has 2 aromatic rings. The molecule has 3 aliphatic carbocycles. The first kappa shape index (κ1) is 30.0. The number of aliphatic imine (C=N–C) groups is 1. The van der Waals surface area contributed by atoms with Gasteiger partial charge < -0.3 is 31.5 Å². The molecule has 4 atom stereocenters. The number of phenols is 1. The Kier molecular flexibility index (Phi) is 7.22. The highest BCUT2D eigenvalue weighted by molar-refractivity contribution is 6.24. The molecule has 0 unspecified atom stereocenters. The summed E-state index contributed by atoms with van der Waals surface area (Å²) in [6.45, 7) is 5.97. The third-order valence-electron chi connectivity index (χ3n) is 8.48. The standard InChI is InChI=1S/C32H36N4O7/c1-31(2,3)35-14-34-17-8-6-15(7-9-17)18-10-11-21(37)23-19(18)12-16-13-20-25(36(4)5)27(39)24(30(33)42)29(41)32(20,43)28(40)22(16)26(23)38/h6-11,14,16,20,25,37-38,41,43H,12-13H2,1-5H3,(H2,33,42)(H,34,35)/t16-,20-,25+,32-/m0/s1. The van der Waals surface area contributed by atoms with E-state index in [9.17, 15) is 34.8 Å². The van der Waals surface area contributed by atoms with E-state index in [2.05, 4.69) is 10.3 Å². The molecule has 0 aliphatic heterocycles. The third kappa shape index (κ3) is 4.78. The molecule has 0 heterocycles. The van der Waals surface area contributed by atoms with Crippen molar-refractivity contribution in [2.24, 2.45) is 22.6 Å². The van der Waals surface area contributed by atoms with Crippen LogP contribution in [-0.2, 0) is 20.8 Å². The smallest absolute Gasteiger partial charge is 0.255 e. The van der Waals surface area contributed by atoms with Crippen LogP contribution in [0.15, 0.2) is 58.3 Å². The number of phenolic OH excluding ortho intramolecular Hbond substituents is 1. The van der Waals surface area contributed by atoms with E-state index in [-0.39, 0.29) is 35.3 Å². The molecule has 0 saturated heterocycles. The van der Waals surface area contributed by atoms with Gasteiger partial charge in [0, 0.05) is 17.2 Å². The number of nitrogens with two attached hydrogens (primary N) is 1. The quantitative estimate of drug-likeness (QED) is 0.174. The molecule has 226 valence electrons. The number of ketones is 2. The number of hydrogen-bond donors (Lipinski definition) is 6. The maximum Gasteiger partial charge on any atom is 0.255 e. The zero-order chi connectivity index (χ0) is 31.6. The number of carbonyl (C=O) groups is 3. The van der Waals surface area contributed by atoms with E-state index < -0.39 is 58.0 Å². The van der Waals surface area contributed by atoms with Gasteiger partial charge in [0.15, 0.2) is 11.4 Å². The molecule has 7 N–H and O–H groups in total. The van der Waals surface area contributed by atoms with Crippen molar-refractivity contribution in [1.29, 1.82) is 0 Å². The van der Waals surface area contributed by atoms with Gasteiger partial charge in [0.25, 0.3) is 5.91 Å². The Hall–Kier alpha value is -4.48. The number of hydrogen-bond acceptors (Lipinski definition) is 9. The fraction of sp³-hybridized carbons (Fsp3) is 0.375. The number of rotatable bonds is 5. The molecule has 0 radical (unpaired) electrons. The van der Waals surface area contributed by atoms with E-state index in [1.807, 2.05) is 45.0 Å². The van der Waals surface area contributed by atoms with E-state index in [0.29, 0.717) is 5.56 Å². The number of nitrogens with zero attached hydrogens (tertiary/aromatic N) is 2. The van der Waals surface area contributed by atoms with Gasteiger partial charge in [-0.15, -0.1) is 0 Å². The lowest BCUT2D eigenvalue weighted by Gasteiger charge is -2.50. The molecule has 1 fully saturated rings. The highest BCUT2D eigenvalue weighted by Crippen LogP contribution is 2.53. The Balaban J connectivity index is 1.60. The van der Waals surface area contributed by atoms with Crippen molar-refractivity contribution in [2.75, 3.05) is 19.4 Å². The van der Waals surface area contributed by atoms with Gasteiger partial charge in [0.05, 0.1) is 23.5 Å². The molecular formula is C32H36N4O7. The highest BCUT2D eigenvalue weighted by atomic mass is 16.3. The molecule has 11 nitrogen and oxygen atoms in total. The number of primary amides is 1. The van der Waals surface area contributed by atoms with Gasteiger partial charge in [-0.25, -0.2) is 0 Å². The number of nitrogens with one attached hydrogen (secondary N) is 1. The number of anilines is 1. The summed E-state index contributed by atoms with van der Waals surface area (Å²) in [7, 11) is 3.13. The number of amides is 1. The minimum Gasteiger partial charge on any atom is -0.508 e. The van der Waals surface area contributed by atoms with Gasteiger partial charge in [-0.05, 0) is 88.5 Å². The van der Waals surface area contributed by atoms with Crippen molar-refractivity contribution >= 4 is 35.3 Å². The van der Waals surface area contributed by atoms with Crippen molar-refractivity contribution in [2.45, 2.75) is 50.8 Å². The Morgan fingerprint density at radius 1 is 1.09 bits per heavy atom. The largest absolute Gasteiger partial charge is 0.508 e. The minimum absolute atomic E-state index is 0.0246. The molecule has 2 aromatic carbocycles. The lowest BCUT2D eigenvalue weighted by molar-refractivity contribution is -0.153. The average Bonchev–Trinajstić information content (AvgIpc) is 2.90. The Bertz CT molecular complexity index is 1630. The molecule has 11 heteroatoms. The second kappa shape index (κ2) is 10.4. The van der Waals surface area contributed by atoms with Crippen LogP contribution in [0.5, 0.6) is 5.75 Å². The first-order valence-corrected chi connectivity index (χ1v) is 14.0. The highest BCUT2D eigenvalue weighted by Gasteiger charge is 2.64. The summed E-state index contributed by atoms with van der Waals surface area (Å²) in [5.74, 6) is -6.77. The summed E-state index contributed by atoms with van der Waals surface area (Å²) in [6, 6.07) is 9.53. The van der Waals surface area contributed by atoms with Gasteiger partial charge >= 0.3 is 0 Å². The first-order chi connectivity index (χ1) is 20.1. The van der Waals surface area contributed by atoms with Crippen LogP contribution < -0.4 is 11.1 Å². The molecule has 0 spiro atoms. The summed E-state index contributed by atoms with van der Waals surface area (Å²) in [4.78, 5) is 45.3. The van der Waals surface area contributed by atoms with E-state index >= 15 is 0 Å². The predicted octanol–water partition coefficient (Wildman–Crippen LogP) is 2.87. The minimum atomic E-state index is -2.67. The van der Waals surface area contributed by atoms with Crippen LogP contribution in [0.25, 0.3) is 16.9 Å². The Labute approximate surface area is 249 Å². The number of aromatic hydroxyl groups is 1. The summed E-state index contributed by atoms with van der Waals surface area (Å²) >= 11 is 0. The van der Waals surface area contributed by atoms with Gasteiger partial charge in [-0.2, -0.15) is 0 Å². The lowest BCUT2D eigenvalue weighted by Crippen LogP contribution is -2.65. The lowest BCUT2D eigenvalue weighted by atomic mass is 9.57. The third-order valence-corrected chi connectivity index (χ3v) is 8.48. The van der Waals surface area contributed by atoms with Crippen LogP contribution in [0.2, 0.25) is 0 Å². The SMILES string of the molecule is CN(C)[C@H]1C(=O)C(C(N)=O)=C(O)[C@@]2(O)C(=O)C3=C(O)c4c(O)ccc(-c5ccc(NC=NC(C)(C)C)cc5)c4C[C@H]3C[C@@H]12. The monoisotopic (exact) mass is 588 g/mol. The van der Waals surface area contributed by atoms with Crippen LogP contribution in [0.1, 0.15) is 38.3 Å². The van der Waals surface area contributed by atoms with Gasteiger partial charge in [0.2, 0.25) is 5.78 Å². The molecule has 1 saturated carbocycles. The van der Waals surface area contributed by atoms with Gasteiger partial charge in [-0.1, -0.05) is 18.2 Å². The van der Waals surface area contributed by atoms with Crippen LogP contribution in [-0.4, -0.2) is 80.4 Å². The molecule has 0 aromatic heterocycles. The number of Topliss-reactive ketones (excluding diaryl/α,β-unsaturated/α-hetero) is 2. The van der Waals surface area contributed by atoms with E-state index in [0.717, 1.165) is 16.8 Å². The van der Waals surface area contributed by atoms with E-state index in [1.54, 1.807) is 26.5 Å². The van der Waals surface area contributed by atoms with Crippen molar-refractivity contribution < 1.29 is 34.8 Å². The molecule has 1 amide bonds. The fourth-order valence-corrected chi connectivity index (χ4v) is 6.56. The molecule has 3 aliphatic rings. The van der Waals surface area contributed by atoms with Crippen LogP contribution in [0, 0.1) is 11.8 Å². The second-order valence-corrected chi connectivity index (χ2v) is 12.6. The van der Waals surface area contributed by atoms with Crippen LogP contribution in [0.4, 0.5) is 5.69 Å².